The third kappa shape index (κ3) is 4.43. The van der Waals surface area contributed by atoms with Crippen LogP contribution in [-0.4, -0.2) is 38.7 Å². The van der Waals surface area contributed by atoms with Crippen LogP contribution in [-0.2, 0) is 10.0 Å². The normalized spacial score (nSPS) is 11.0. The molecule has 23 heavy (non-hydrogen) atoms. The Bertz CT molecular complexity index is 811. The first-order valence-electron chi connectivity index (χ1n) is 6.89. The maximum Gasteiger partial charge on any atom is 0.252 e. The molecular formula is C15H17N3O4S. The highest BCUT2D eigenvalue weighted by Crippen LogP contribution is 2.14. The fourth-order valence-corrected chi connectivity index (χ4v) is 2.96. The summed E-state index contributed by atoms with van der Waals surface area (Å²) < 4.78 is 25.6. The standard InChI is InChI=1S/C15H17N3O4S/c1-18(13-5-3-2-4-6-13)23(21,22)10-9-16-15(20)12-7-8-14(19)17-11-12/h2-8,11H,9-10H2,1H3,(H,16,20)(H,17,19). The number of hydrogen-bond acceptors (Lipinski definition) is 4. The van der Waals surface area contributed by atoms with Crippen molar-refractivity contribution in [3.8, 4) is 0 Å². The number of nitrogens with one attached hydrogen (secondary N) is 2. The van der Waals surface area contributed by atoms with Crippen LogP contribution in [0.1, 0.15) is 10.4 Å². The van der Waals surface area contributed by atoms with Gasteiger partial charge in [0.05, 0.1) is 17.0 Å². The number of aromatic nitrogens is 1. The first kappa shape index (κ1) is 16.8. The lowest BCUT2D eigenvalue weighted by Crippen LogP contribution is -2.35. The van der Waals surface area contributed by atoms with E-state index in [1.54, 1.807) is 30.3 Å². The fraction of sp³-hybridized carbons (Fsp3) is 0.200. The minimum absolute atomic E-state index is 0.0303. The fourth-order valence-electron chi connectivity index (χ4n) is 1.88. The number of aromatic amines is 1. The Morgan fingerprint density at radius 2 is 1.87 bits per heavy atom. The number of benzene rings is 1. The Labute approximate surface area is 134 Å². The van der Waals surface area contributed by atoms with E-state index in [2.05, 4.69) is 10.3 Å². The van der Waals surface area contributed by atoms with E-state index in [9.17, 15) is 18.0 Å². The topological polar surface area (TPSA) is 99.3 Å². The second-order valence-corrected chi connectivity index (χ2v) is 6.94. The molecule has 0 bridgehead atoms. The molecule has 0 saturated carbocycles. The lowest BCUT2D eigenvalue weighted by atomic mass is 10.3. The van der Waals surface area contributed by atoms with Crippen LogP contribution >= 0.6 is 0 Å². The van der Waals surface area contributed by atoms with E-state index in [-0.39, 0.29) is 23.4 Å². The molecule has 122 valence electrons. The Kier molecular flexibility index (Phi) is 5.17. The molecule has 1 amide bonds. The molecule has 2 N–H and O–H groups in total. The molecule has 8 heteroatoms. The smallest absolute Gasteiger partial charge is 0.252 e. The summed E-state index contributed by atoms with van der Waals surface area (Å²) in [6.45, 7) is -0.0303. The lowest BCUT2D eigenvalue weighted by molar-refractivity contribution is 0.0955. The lowest BCUT2D eigenvalue weighted by Gasteiger charge is -2.19. The summed E-state index contributed by atoms with van der Waals surface area (Å²) in [6.07, 6.45) is 1.28. The largest absolute Gasteiger partial charge is 0.351 e. The number of H-pyrrole nitrogens is 1. The van der Waals surface area contributed by atoms with Gasteiger partial charge in [-0.25, -0.2) is 8.42 Å². The average molecular weight is 335 g/mol. The van der Waals surface area contributed by atoms with Gasteiger partial charge in [-0.15, -0.1) is 0 Å². The van der Waals surface area contributed by atoms with Crippen molar-refractivity contribution < 1.29 is 13.2 Å². The Morgan fingerprint density at radius 3 is 2.48 bits per heavy atom. The second kappa shape index (κ2) is 7.10. The van der Waals surface area contributed by atoms with Crippen molar-refractivity contribution in [3.05, 3.63) is 64.6 Å². The van der Waals surface area contributed by atoms with Crippen LogP contribution in [0.5, 0.6) is 0 Å². The Balaban J connectivity index is 1.93. The van der Waals surface area contributed by atoms with E-state index in [4.69, 9.17) is 0 Å². The molecule has 2 rings (SSSR count). The van der Waals surface area contributed by atoms with Crippen LogP contribution in [0.15, 0.2) is 53.5 Å². The molecule has 7 nitrogen and oxygen atoms in total. The third-order valence-electron chi connectivity index (χ3n) is 3.23. The van der Waals surface area contributed by atoms with Gasteiger partial charge in [-0.2, -0.15) is 0 Å². The SMILES string of the molecule is CN(c1ccccc1)S(=O)(=O)CCNC(=O)c1ccc(=O)[nH]c1. The average Bonchev–Trinajstić information content (AvgIpc) is 2.55. The van der Waals surface area contributed by atoms with E-state index < -0.39 is 15.9 Å². The van der Waals surface area contributed by atoms with E-state index in [1.807, 2.05) is 0 Å². The summed E-state index contributed by atoms with van der Waals surface area (Å²) >= 11 is 0. The van der Waals surface area contributed by atoms with Gasteiger partial charge in [0.2, 0.25) is 15.6 Å². The molecular weight excluding hydrogens is 318 g/mol. The number of hydrogen-bond donors (Lipinski definition) is 2. The van der Waals surface area contributed by atoms with Crippen LogP contribution in [0.2, 0.25) is 0 Å². The third-order valence-corrected chi connectivity index (χ3v) is 4.99. The Hall–Kier alpha value is -2.61. The van der Waals surface area contributed by atoms with Crippen molar-refractivity contribution in [2.75, 3.05) is 23.7 Å². The van der Waals surface area contributed by atoms with Crippen LogP contribution < -0.4 is 15.2 Å². The van der Waals surface area contributed by atoms with Crippen molar-refractivity contribution in [1.82, 2.24) is 10.3 Å². The number of para-hydroxylation sites is 1. The highest BCUT2D eigenvalue weighted by molar-refractivity contribution is 7.92. The predicted octanol–water partition coefficient (Wildman–Crippen LogP) is 0.571. The highest BCUT2D eigenvalue weighted by Gasteiger charge is 2.18. The van der Waals surface area contributed by atoms with Crippen molar-refractivity contribution in [2.45, 2.75) is 0 Å². The molecule has 0 spiro atoms. The minimum Gasteiger partial charge on any atom is -0.351 e. The number of amides is 1. The number of nitrogens with zero attached hydrogens (tertiary/aromatic N) is 1. The number of pyridine rings is 1. The molecule has 0 aliphatic heterocycles. The quantitative estimate of drug-likeness (QED) is 0.806. The molecule has 1 aromatic heterocycles. The molecule has 1 aromatic carbocycles. The van der Waals surface area contributed by atoms with Crippen LogP contribution in [0.25, 0.3) is 0 Å². The molecule has 2 aromatic rings. The second-order valence-electron chi connectivity index (χ2n) is 4.82. The van der Waals surface area contributed by atoms with Gasteiger partial charge < -0.3 is 10.3 Å². The first-order valence-corrected chi connectivity index (χ1v) is 8.50. The maximum atomic E-state index is 12.2. The molecule has 0 radical (unpaired) electrons. The van der Waals surface area contributed by atoms with Gasteiger partial charge >= 0.3 is 0 Å². The molecule has 0 atom stereocenters. The van der Waals surface area contributed by atoms with Crippen LogP contribution in [0.3, 0.4) is 0 Å². The van der Waals surface area contributed by atoms with Gasteiger partial charge in [-0.1, -0.05) is 18.2 Å². The van der Waals surface area contributed by atoms with Gasteiger partial charge in [-0.05, 0) is 18.2 Å². The highest BCUT2D eigenvalue weighted by atomic mass is 32.2. The summed E-state index contributed by atoms with van der Waals surface area (Å²) in [7, 11) is -2.07. The summed E-state index contributed by atoms with van der Waals surface area (Å²) in [6, 6.07) is 11.3. The van der Waals surface area contributed by atoms with Crippen molar-refractivity contribution >= 4 is 21.6 Å². The van der Waals surface area contributed by atoms with E-state index >= 15 is 0 Å². The first-order chi connectivity index (χ1) is 10.9. The molecule has 0 fully saturated rings. The van der Waals surface area contributed by atoms with Gasteiger partial charge in [0.1, 0.15) is 0 Å². The Morgan fingerprint density at radius 1 is 1.17 bits per heavy atom. The minimum atomic E-state index is -3.54. The summed E-state index contributed by atoms with van der Waals surface area (Å²) in [5.41, 5.74) is 0.506. The summed E-state index contributed by atoms with van der Waals surface area (Å²) in [5, 5.41) is 2.51. The number of rotatable bonds is 6. The van der Waals surface area contributed by atoms with Gasteiger partial charge in [0.15, 0.2) is 0 Å². The molecule has 0 aliphatic rings. The number of carbonyl (C=O) groups excluding carboxylic acids is 1. The van der Waals surface area contributed by atoms with E-state index in [0.29, 0.717) is 5.69 Å². The molecule has 1 heterocycles. The van der Waals surface area contributed by atoms with Gasteiger partial charge in [-0.3, -0.25) is 13.9 Å². The van der Waals surface area contributed by atoms with Gasteiger partial charge in [0.25, 0.3) is 5.91 Å². The zero-order valence-corrected chi connectivity index (χ0v) is 13.3. The number of sulfonamides is 1. The van der Waals surface area contributed by atoms with Crippen LogP contribution in [0, 0.1) is 0 Å². The van der Waals surface area contributed by atoms with Crippen molar-refractivity contribution in [1.29, 1.82) is 0 Å². The zero-order valence-electron chi connectivity index (χ0n) is 12.5. The maximum absolute atomic E-state index is 12.2. The summed E-state index contributed by atoms with van der Waals surface area (Å²) in [5.74, 6) is -0.674. The van der Waals surface area contributed by atoms with E-state index in [1.165, 1.54) is 29.7 Å². The van der Waals surface area contributed by atoms with Crippen LogP contribution in [0.4, 0.5) is 5.69 Å². The number of carbonyl (C=O) groups is 1. The molecule has 0 saturated heterocycles. The molecule has 0 aliphatic carbocycles. The van der Waals surface area contributed by atoms with Gasteiger partial charge in [0, 0.05) is 25.9 Å². The van der Waals surface area contributed by atoms with E-state index in [0.717, 1.165) is 0 Å². The number of anilines is 1. The van der Waals surface area contributed by atoms with Crippen molar-refractivity contribution in [3.63, 3.8) is 0 Å². The summed E-state index contributed by atoms with van der Waals surface area (Å²) in [4.78, 5) is 25.2. The van der Waals surface area contributed by atoms with Crippen molar-refractivity contribution in [2.24, 2.45) is 0 Å². The molecule has 0 unspecified atom stereocenters. The zero-order chi connectivity index (χ0) is 16.9. The predicted molar refractivity (Wildman–Crippen MR) is 88.0 cm³/mol. The monoisotopic (exact) mass is 335 g/mol.